The van der Waals surface area contributed by atoms with Crippen molar-refractivity contribution in [2.24, 2.45) is 0 Å². The fourth-order valence-electron chi connectivity index (χ4n) is 2.18. The fraction of sp³-hybridized carbons (Fsp3) is 0.538. The molecule has 0 radical (unpaired) electrons. The maximum Gasteiger partial charge on any atom is 0.175 e. The molecular formula is C13H20N2O3S. The Balaban J connectivity index is 2.01. The van der Waals surface area contributed by atoms with Gasteiger partial charge in [0.2, 0.25) is 0 Å². The van der Waals surface area contributed by atoms with E-state index < -0.39 is 15.9 Å². The molecule has 1 aromatic carbocycles. The highest BCUT2D eigenvalue weighted by atomic mass is 32.2. The second-order valence-electron chi connectivity index (χ2n) is 4.91. The van der Waals surface area contributed by atoms with E-state index in [1.807, 2.05) is 0 Å². The minimum absolute atomic E-state index is 0.283. The number of nitrogens with one attached hydrogen (secondary N) is 1. The Morgan fingerprint density at radius 3 is 2.37 bits per heavy atom. The molecule has 0 amide bonds. The molecule has 106 valence electrons. The Morgan fingerprint density at radius 1 is 1.26 bits per heavy atom. The first-order valence-corrected chi connectivity index (χ1v) is 8.27. The summed E-state index contributed by atoms with van der Waals surface area (Å²) in [5.41, 5.74) is 0.755. The Bertz CT molecular complexity index is 507. The van der Waals surface area contributed by atoms with Gasteiger partial charge in [-0.15, -0.1) is 0 Å². The number of rotatable bonds is 4. The zero-order valence-electron chi connectivity index (χ0n) is 11.0. The number of hydrogen-bond donors (Lipinski definition) is 2. The van der Waals surface area contributed by atoms with Crippen LogP contribution in [-0.2, 0) is 9.84 Å². The van der Waals surface area contributed by atoms with Crippen LogP contribution in [0, 0.1) is 0 Å². The first kappa shape index (κ1) is 14.5. The molecule has 6 heteroatoms. The van der Waals surface area contributed by atoms with Gasteiger partial charge in [-0.05, 0) is 17.7 Å². The van der Waals surface area contributed by atoms with Gasteiger partial charge < -0.3 is 10.4 Å². The van der Waals surface area contributed by atoms with Crippen molar-refractivity contribution in [2.45, 2.75) is 11.0 Å². The number of aliphatic hydroxyl groups excluding tert-OH is 1. The first-order chi connectivity index (χ1) is 8.97. The summed E-state index contributed by atoms with van der Waals surface area (Å²) in [7, 11) is -3.17. The van der Waals surface area contributed by atoms with E-state index in [1.165, 1.54) is 6.26 Å². The highest BCUT2D eigenvalue weighted by Crippen LogP contribution is 2.17. The van der Waals surface area contributed by atoms with Gasteiger partial charge in [0.15, 0.2) is 9.84 Å². The van der Waals surface area contributed by atoms with Crippen LogP contribution >= 0.6 is 0 Å². The van der Waals surface area contributed by atoms with Crippen molar-refractivity contribution in [3.05, 3.63) is 29.8 Å². The van der Waals surface area contributed by atoms with Gasteiger partial charge in [0.05, 0.1) is 11.0 Å². The van der Waals surface area contributed by atoms with Crippen molar-refractivity contribution < 1.29 is 13.5 Å². The van der Waals surface area contributed by atoms with Crippen LogP contribution in [0.2, 0.25) is 0 Å². The maximum absolute atomic E-state index is 11.4. The summed E-state index contributed by atoms with van der Waals surface area (Å²) in [6.07, 6.45) is 0.603. The molecule has 19 heavy (non-hydrogen) atoms. The molecule has 1 unspecified atom stereocenters. The number of nitrogens with zero attached hydrogens (tertiary/aromatic N) is 1. The van der Waals surface area contributed by atoms with Gasteiger partial charge in [0.1, 0.15) is 0 Å². The van der Waals surface area contributed by atoms with Gasteiger partial charge >= 0.3 is 0 Å². The molecule has 1 heterocycles. The molecule has 1 aliphatic rings. The Labute approximate surface area is 114 Å². The average Bonchev–Trinajstić information content (AvgIpc) is 2.39. The Hall–Kier alpha value is -0.950. The molecule has 1 fully saturated rings. The second kappa shape index (κ2) is 6.00. The summed E-state index contributed by atoms with van der Waals surface area (Å²) < 4.78 is 22.7. The van der Waals surface area contributed by atoms with E-state index in [4.69, 9.17) is 0 Å². The van der Waals surface area contributed by atoms with Gasteiger partial charge in [-0.3, -0.25) is 4.90 Å². The lowest BCUT2D eigenvalue weighted by atomic mass is 10.1. The lowest BCUT2D eigenvalue weighted by Crippen LogP contribution is -2.44. The molecule has 1 saturated heterocycles. The van der Waals surface area contributed by atoms with Gasteiger partial charge in [0.25, 0.3) is 0 Å². The number of sulfone groups is 1. The third-order valence-corrected chi connectivity index (χ3v) is 4.46. The smallest absolute Gasteiger partial charge is 0.175 e. The summed E-state index contributed by atoms with van der Waals surface area (Å²) in [5.74, 6) is 0. The van der Waals surface area contributed by atoms with Crippen LogP contribution in [0.5, 0.6) is 0 Å². The maximum atomic E-state index is 11.4. The van der Waals surface area contributed by atoms with Crippen LogP contribution in [0.1, 0.15) is 11.7 Å². The number of hydrogen-bond acceptors (Lipinski definition) is 5. The minimum Gasteiger partial charge on any atom is -0.387 e. The average molecular weight is 284 g/mol. The summed E-state index contributed by atoms with van der Waals surface area (Å²) in [4.78, 5) is 2.48. The Morgan fingerprint density at radius 2 is 1.84 bits per heavy atom. The fourth-order valence-corrected chi connectivity index (χ4v) is 2.81. The highest BCUT2D eigenvalue weighted by molar-refractivity contribution is 7.90. The van der Waals surface area contributed by atoms with Gasteiger partial charge in [-0.25, -0.2) is 8.42 Å². The molecule has 1 atom stereocenters. The van der Waals surface area contributed by atoms with Crippen molar-refractivity contribution in [2.75, 3.05) is 39.0 Å². The molecule has 0 saturated carbocycles. The molecule has 2 rings (SSSR count). The third-order valence-electron chi connectivity index (χ3n) is 3.33. The van der Waals surface area contributed by atoms with Crippen LogP contribution in [0.15, 0.2) is 29.2 Å². The van der Waals surface area contributed by atoms with Crippen molar-refractivity contribution in [3.63, 3.8) is 0 Å². The number of aliphatic hydroxyl groups is 1. The normalized spacial score (nSPS) is 19.3. The van der Waals surface area contributed by atoms with Crippen LogP contribution in [0.25, 0.3) is 0 Å². The van der Waals surface area contributed by atoms with E-state index in [0.717, 1.165) is 31.7 Å². The van der Waals surface area contributed by atoms with Crippen molar-refractivity contribution in [3.8, 4) is 0 Å². The molecule has 2 N–H and O–H groups in total. The molecule has 0 aromatic heterocycles. The molecular weight excluding hydrogens is 264 g/mol. The summed E-state index contributed by atoms with van der Waals surface area (Å²) in [6, 6.07) is 6.46. The quantitative estimate of drug-likeness (QED) is 0.816. The standard InChI is InChI=1S/C13H20N2O3S/c1-19(17,18)12-4-2-11(3-5-12)13(16)10-15-8-6-14-7-9-15/h2-5,13-14,16H,6-10H2,1H3. The molecule has 0 aliphatic carbocycles. The minimum atomic E-state index is -3.17. The Kier molecular flexibility index (Phi) is 4.57. The summed E-state index contributed by atoms with van der Waals surface area (Å²) in [6.45, 7) is 4.33. The highest BCUT2D eigenvalue weighted by Gasteiger charge is 2.16. The predicted molar refractivity (Wildman–Crippen MR) is 73.8 cm³/mol. The van der Waals surface area contributed by atoms with Crippen molar-refractivity contribution in [1.82, 2.24) is 10.2 Å². The van der Waals surface area contributed by atoms with E-state index in [2.05, 4.69) is 10.2 Å². The van der Waals surface area contributed by atoms with E-state index in [1.54, 1.807) is 24.3 Å². The molecule has 1 aliphatic heterocycles. The number of piperazine rings is 1. The topological polar surface area (TPSA) is 69.6 Å². The van der Waals surface area contributed by atoms with E-state index in [9.17, 15) is 13.5 Å². The van der Waals surface area contributed by atoms with E-state index in [0.29, 0.717) is 6.54 Å². The predicted octanol–water partition coefficient (Wildman–Crippen LogP) is 0.0287. The SMILES string of the molecule is CS(=O)(=O)c1ccc(C(O)CN2CCNCC2)cc1. The largest absolute Gasteiger partial charge is 0.387 e. The van der Waals surface area contributed by atoms with Crippen LogP contribution < -0.4 is 5.32 Å². The van der Waals surface area contributed by atoms with Crippen LogP contribution in [-0.4, -0.2) is 57.4 Å². The molecule has 0 spiro atoms. The van der Waals surface area contributed by atoms with Crippen LogP contribution in [0.4, 0.5) is 0 Å². The second-order valence-corrected chi connectivity index (χ2v) is 6.92. The van der Waals surface area contributed by atoms with Crippen LogP contribution in [0.3, 0.4) is 0 Å². The van der Waals surface area contributed by atoms with Gasteiger partial charge in [-0.1, -0.05) is 12.1 Å². The van der Waals surface area contributed by atoms with Crippen molar-refractivity contribution >= 4 is 9.84 Å². The molecule has 1 aromatic rings. The molecule has 0 bridgehead atoms. The molecule has 5 nitrogen and oxygen atoms in total. The van der Waals surface area contributed by atoms with Gasteiger partial charge in [0, 0.05) is 39.0 Å². The van der Waals surface area contributed by atoms with Gasteiger partial charge in [-0.2, -0.15) is 0 Å². The number of β-amino-alcohol motifs (C(OH)–C–C–N with tert-alkyl or cyclic N) is 1. The zero-order chi connectivity index (χ0) is 13.9. The van der Waals surface area contributed by atoms with Crippen molar-refractivity contribution in [1.29, 1.82) is 0 Å². The van der Waals surface area contributed by atoms with E-state index in [-0.39, 0.29) is 4.90 Å². The lowest BCUT2D eigenvalue weighted by molar-refractivity contribution is 0.105. The van der Waals surface area contributed by atoms with E-state index >= 15 is 0 Å². The summed E-state index contributed by atoms with van der Waals surface area (Å²) in [5, 5.41) is 13.4. The zero-order valence-corrected chi connectivity index (χ0v) is 11.9. The number of benzene rings is 1. The third kappa shape index (κ3) is 4.01. The summed E-state index contributed by atoms with van der Waals surface area (Å²) >= 11 is 0. The monoisotopic (exact) mass is 284 g/mol. The first-order valence-electron chi connectivity index (χ1n) is 6.38. The lowest BCUT2D eigenvalue weighted by Gasteiger charge is -2.29.